The van der Waals surface area contributed by atoms with Crippen LogP contribution in [-0.4, -0.2) is 23.8 Å². The van der Waals surface area contributed by atoms with E-state index in [1.165, 1.54) is 11.8 Å². The summed E-state index contributed by atoms with van der Waals surface area (Å²) in [6, 6.07) is 25.0. The van der Waals surface area contributed by atoms with Crippen molar-refractivity contribution >= 4 is 28.6 Å². The number of hydrogen-bond donors (Lipinski definition) is 2. The van der Waals surface area contributed by atoms with Crippen LogP contribution in [0.1, 0.15) is 34.0 Å². The molecule has 2 N–H and O–H groups in total. The predicted molar refractivity (Wildman–Crippen MR) is 135 cm³/mol. The number of amides is 1. The summed E-state index contributed by atoms with van der Waals surface area (Å²) >= 11 is 0. The molecule has 1 heterocycles. The van der Waals surface area contributed by atoms with E-state index in [4.69, 9.17) is 4.74 Å². The van der Waals surface area contributed by atoms with Crippen LogP contribution >= 0.6 is 0 Å². The second kappa shape index (κ2) is 9.27. The molecule has 1 amide bonds. The van der Waals surface area contributed by atoms with Crippen molar-refractivity contribution < 1.29 is 14.6 Å². The van der Waals surface area contributed by atoms with E-state index in [9.17, 15) is 9.90 Å². The van der Waals surface area contributed by atoms with Gasteiger partial charge < -0.3 is 14.7 Å². The number of ether oxygens (including phenoxy) is 1. The number of carbonyl (C=O) groups is 1. The van der Waals surface area contributed by atoms with Gasteiger partial charge in [-0.1, -0.05) is 36.4 Å². The number of nitrogens with one attached hydrogen (secondary N) is 1. The number of hydrazone groups is 1. The number of phenolic OH excluding ortho intramolecular Hbond substituents is 1. The zero-order valence-electron chi connectivity index (χ0n) is 18.9. The predicted octanol–water partition coefficient (Wildman–Crippen LogP) is 5.23. The molecule has 0 spiro atoms. The number of fused-ring (bicyclic) bond motifs is 2. The fourth-order valence-electron chi connectivity index (χ4n) is 4.28. The molecule has 0 unspecified atom stereocenters. The first kappa shape index (κ1) is 21.5. The highest BCUT2D eigenvalue weighted by molar-refractivity contribution is 6.03. The van der Waals surface area contributed by atoms with Gasteiger partial charge in [0.2, 0.25) is 0 Å². The van der Waals surface area contributed by atoms with Gasteiger partial charge in [0.1, 0.15) is 11.5 Å². The Hall–Kier alpha value is -4.32. The molecule has 4 aromatic rings. The van der Waals surface area contributed by atoms with E-state index in [1.807, 2.05) is 67.6 Å². The number of nitrogens with zero attached hydrogens (tertiary/aromatic N) is 2. The Labute approximate surface area is 198 Å². The van der Waals surface area contributed by atoms with Crippen LogP contribution in [0.15, 0.2) is 84.0 Å². The van der Waals surface area contributed by atoms with Crippen molar-refractivity contribution in [1.29, 1.82) is 0 Å². The Bertz CT molecular complexity index is 1380. The highest BCUT2D eigenvalue weighted by atomic mass is 16.5. The Morgan fingerprint density at radius 2 is 1.82 bits per heavy atom. The third-order valence-electron chi connectivity index (χ3n) is 6.01. The molecule has 6 heteroatoms. The molecule has 0 radical (unpaired) electrons. The number of carbonyl (C=O) groups excluding carboxylic acids is 1. The monoisotopic (exact) mass is 451 g/mol. The van der Waals surface area contributed by atoms with Crippen molar-refractivity contribution in [3.8, 4) is 11.5 Å². The minimum absolute atomic E-state index is 0.114. The first-order valence-corrected chi connectivity index (χ1v) is 11.3. The standard InChI is InChI=1S/C28H25N3O3/c1-2-34-24-12-10-23(11-13-24)31-17-21-8-7-20(15-22(21)18-31)28(33)30-29-16-26-25-6-4-3-5-19(25)9-14-27(26)32/h3-16,32H,2,17-18H2,1H3,(H,30,33)/b29-16-. The van der Waals surface area contributed by atoms with Crippen LogP contribution in [0.25, 0.3) is 10.8 Å². The summed E-state index contributed by atoms with van der Waals surface area (Å²) < 4.78 is 5.53. The fourth-order valence-corrected chi connectivity index (χ4v) is 4.28. The van der Waals surface area contributed by atoms with Crippen molar-refractivity contribution in [2.45, 2.75) is 20.0 Å². The maximum atomic E-state index is 12.7. The molecular formula is C28H25N3O3. The number of aromatic hydroxyl groups is 1. The van der Waals surface area contributed by atoms with Crippen molar-refractivity contribution in [3.63, 3.8) is 0 Å². The van der Waals surface area contributed by atoms with Crippen LogP contribution in [0.4, 0.5) is 5.69 Å². The zero-order valence-corrected chi connectivity index (χ0v) is 18.9. The molecule has 0 saturated heterocycles. The lowest BCUT2D eigenvalue weighted by Crippen LogP contribution is -2.18. The molecule has 6 nitrogen and oxygen atoms in total. The van der Waals surface area contributed by atoms with Crippen LogP contribution in [0.5, 0.6) is 11.5 Å². The number of benzene rings is 4. The maximum Gasteiger partial charge on any atom is 0.271 e. The lowest BCUT2D eigenvalue weighted by molar-refractivity contribution is 0.0955. The average molecular weight is 452 g/mol. The first-order valence-electron chi connectivity index (χ1n) is 11.3. The van der Waals surface area contributed by atoms with Gasteiger partial charge in [0.15, 0.2) is 0 Å². The number of phenols is 1. The van der Waals surface area contributed by atoms with E-state index in [0.717, 1.165) is 40.9 Å². The van der Waals surface area contributed by atoms with Crippen molar-refractivity contribution in [1.82, 2.24) is 5.43 Å². The zero-order chi connectivity index (χ0) is 23.5. The quantitative estimate of drug-likeness (QED) is 0.311. The minimum atomic E-state index is -0.293. The van der Waals surface area contributed by atoms with Gasteiger partial charge in [-0.05, 0) is 71.3 Å². The Morgan fingerprint density at radius 1 is 1.03 bits per heavy atom. The third-order valence-corrected chi connectivity index (χ3v) is 6.01. The molecular weight excluding hydrogens is 426 g/mol. The summed E-state index contributed by atoms with van der Waals surface area (Å²) in [5.41, 5.74) is 7.14. The average Bonchev–Trinajstić information content (AvgIpc) is 3.29. The Kier molecular flexibility index (Phi) is 5.87. The second-order valence-corrected chi connectivity index (χ2v) is 8.19. The molecule has 0 aromatic heterocycles. The smallest absolute Gasteiger partial charge is 0.271 e. The van der Waals surface area contributed by atoms with Crippen LogP contribution in [0, 0.1) is 0 Å². The van der Waals surface area contributed by atoms with Crippen LogP contribution < -0.4 is 15.1 Å². The summed E-state index contributed by atoms with van der Waals surface area (Å²) in [7, 11) is 0. The fraction of sp³-hybridized carbons (Fsp3) is 0.143. The molecule has 0 saturated carbocycles. The molecule has 4 aromatic carbocycles. The first-order chi connectivity index (χ1) is 16.6. The van der Waals surface area contributed by atoms with Gasteiger partial charge in [-0.25, -0.2) is 5.43 Å². The lowest BCUT2D eigenvalue weighted by atomic mass is 10.0. The van der Waals surface area contributed by atoms with Gasteiger partial charge in [0, 0.05) is 29.9 Å². The molecule has 0 bridgehead atoms. The van der Waals surface area contributed by atoms with Crippen LogP contribution in [0.2, 0.25) is 0 Å². The number of hydrogen-bond acceptors (Lipinski definition) is 5. The van der Waals surface area contributed by atoms with Gasteiger partial charge in [0.25, 0.3) is 5.91 Å². The largest absolute Gasteiger partial charge is 0.507 e. The van der Waals surface area contributed by atoms with Crippen LogP contribution in [-0.2, 0) is 13.1 Å². The van der Waals surface area contributed by atoms with E-state index >= 15 is 0 Å². The topological polar surface area (TPSA) is 74.2 Å². The van der Waals surface area contributed by atoms with Gasteiger partial charge >= 0.3 is 0 Å². The van der Waals surface area contributed by atoms with Gasteiger partial charge in [-0.3, -0.25) is 4.79 Å². The molecule has 170 valence electrons. The molecule has 0 atom stereocenters. The molecule has 0 fully saturated rings. The lowest BCUT2D eigenvalue weighted by Gasteiger charge is -2.18. The summed E-state index contributed by atoms with van der Waals surface area (Å²) in [6.45, 7) is 4.14. The summed E-state index contributed by atoms with van der Waals surface area (Å²) in [6.07, 6.45) is 1.48. The highest BCUT2D eigenvalue weighted by Gasteiger charge is 2.21. The SMILES string of the molecule is CCOc1ccc(N2Cc3ccc(C(=O)N/N=C\c4c(O)ccc5ccccc45)cc3C2)cc1. The molecule has 0 aliphatic carbocycles. The normalized spacial score (nSPS) is 12.8. The van der Waals surface area contributed by atoms with Crippen molar-refractivity contribution in [3.05, 3.63) is 101 Å². The summed E-state index contributed by atoms with van der Waals surface area (Å²) in [5.74, 6) is 0.682. The third kappa shape index (κ3) is 4.30. The molecule has 1 aliphatic heterocycles. The van der Waals surface area contributed by atoms with E-state index in [1.54, 1.807) is 6.07 Å². The maximum absolute atomic E-state index is 12.7. The molecule has 5 rings (SSSR count). The van der Waals surface area contributed by atoms with Gasteiger partial charge in [0.05, 0.1) is 12.8 Å². The second-order valence-electron chi connectivity index (χ2n) is 8.19. The van der Waals surface area contributed by atoms with E-state index in [0.29, 0.717) is 17.7 Å². The van der Waals surface area contributed by atoms with Gasteiger partial charge in [-0.2, -0.15) is 5.10 Å². The number of anilines is 1. The highest BCUT2D eigenvalue weighted by Crippen LogP contribution is 2.30. The van der Waals surface area contributed by atoms with E-state index in [2.05, 4.69) is 27.6 Å². The molecule has 1 aliphatic rings. The van der Waals surface area contributed by atoms with Crippen molar-refractivity contribution in [2.75, 3.05) is 11.5 Å². The summed E-state index contributed by atoms with van der Waals surface area (Å²) in [5, 5.41) is 16.2. The Morgan fingerprint density at radius 3 is 2.65 bits per heavy atom. The summed E-state index contributed by atoms with van der Waals surface area (Å²) in [4.78, 5) is 15.0. The minimum Gasteiger partial charge on any atom is -0.507 e. The number of rotatable bonds is 6. The van der Waals surface area contributed by atoms with Gasteiger partial charge in [-0.15, -0.1) is 0 Å². The Balaban J connectivity index is 1.27. The molecule has 34 heavy (non-hydrogen) atoms. The van der Waals surface area contributed by atoms with Crippen molar-refractivity contribution in [2.24, 2.45) is 5.10 Å². The van der Waals surface area contributed by atoms with E-state index in [-0.39, 0.29) is 11.7 Å². The van der Waals surface area contributed by atoms with E-state index < -0.39 is 0 Å². The van der Waals surface area contributed by atoms with Crippen LogP contribution in [0.3, 0.4) is 0 Å².